The average Bonchev–Trinajstić information content (AvgIpc) is 2.71. The van der Waals surface area contributed by atoms with Gasteiger partial charge in [-0.3, -0.25) is 4.79 Å². The van der Waals surface area contributed by atoms with Gasteiger partial charge in [0, 0.05) is 5.75 Å². The van der Waals surface area contributed by atoms with E-state index in [0.29, 0.717) is 18.3 Å². The summed E-state index contributed by atoms with van der Waals surface area (Å²) in [6, 6.07) is 0. The second-order valence-corrected chi connectivity index (χ2v) is 5.39. The normalized spacial score (nSPS) is 14.2. The number of aromatic nitrogens is 1. The van der Waals surface area contributed by atoms with Gasteiger partial charge in [0.15, 0.2) is 0 Å². The van der Waals surface area contributed by atoms with Crippen molar-refractivity contribution in [3.8, 4) is 0 Å². The van der Waals surface area contributed by atoms with Gasteiger partial charge < -0.3 is 14.9 Å². The Balaban J connectivity index is 2.26. The smallest absolute Gasteiger partial charge is 0.325 e. The lowest BCUT2D eigenvalue weighted by atomic mass is 9.98. The number of aryl methyl sites for hydroxylation is 1. The predicted molar refractivity (Wildman–Crippen MR) is 70.4 cm³/mol. The lowest BCUT2D eigenvalue weighted by molar-refractivity contribution is -0.149. The van der Waals surface area contributed by atoms with Crippen LogP contribution in [0.5, 0.6) is 0 Å². The maximum Gasteiger partial charge on any atom is 0.325 e. The quantitative estimate of drug-likeness (QED) is 0.465. The number of carbonyl (C=O) groups is 1. The molecule has 0 radical (unpaired) electrons. The van der Waals surface area contributed by atoms with Crippen molar-refractivity contribution in [1.29, 1.82) is 0 Å². The largest absolute Gasteiger partial charge is 0.465 e. The predicted octanol–water partition coefficient (Wildman–Crippen LogP) is 2.14. The van der Waals surface area contributed by atoms with E-state index in [4.69, 9.17) is 14.9 Å². The van der Waals surface area contributed by atoms with E-state index in [-0.39, 0.29) is 5.97 Å². The fourth-order valence-corrected chi connectivity index (χ4v) is 2.18. The number of hydrogen-bond donors (Lipinski definition) is 1. The van der Waals surface area contributed by atoms with Crippen LogP contribution in [-0.2, 0) is 9.53 Å². The van der Waals surface area contributed by atoms with Gasteiger partial charge in [0.25, 0.3) is 5.22 Å². The third-order valence-corrected chi connectivity index (χ3v) is 3.33. The minimum absolute atomic E-state index is 0.345. The highest BCUT2D eigenvalue weighted by Crippen LogP contribution is 2.20. The Bertz CT molecular complexity index is 390. The van der Waals surface area contributed by atoms with Gasteiger partial charge in [0.2, 0.25) is 0 Å². The molecule has 1 rings (SSSR count). The first-order valence-electron chi connectivity index (χ1n) is 5.96. The Labute approximate surface area is 111 Å². The number of nitrogens with two attached hydrogens (primary N) is 1. The molecule has 0 bridgehead atoms. The molecule has 0 aliphatic carbocycles. The van der Waals surface area contributed by atoms with Crippen LogP contribution in [0.15, 0.2) is 15.9 Å². The molecule has 0 spiro atoms. The summed E-state index contributed by atoms with van der Waals surface area (Å²) in [5.41, 5.74) is 5.86. The second kappa shape index (κ2) is 6.80. The molecule has 1 atom stereocenters. The third-order valence-electron chi connectivity index (χ3n) is 2.41. The molecule has 0 aliphatic rings. The molecule has 0 amide bonds. The van der Waals surface area contributed by atoms with Crippen LogP contribution in [-0.4, -0.2) is 28.9 Å². The summed E-state index contributed by atoms with van der Waals surface area (Å²) in [7, 11) is 0. The van der Waals surface area contributed by atoms with Gasteiger partial charge in [0.05, 0.1) is 12.3 Å². The average molecular weight is 272 g/mol. The third kappa shape index (κ3) is 4.70. The Morgan fingerprint density at radius 1 is 1.67 bits per heavy atom. The number of nitrogens with zero attached hydrogens (tertiary/aromatic N) is 1. The minimum Gasteiger partial charge on any atom is -0.465 e. The number of hydrogen-bond acceptors (Lipinski definition) is 6. The van der Waals surface area contributed by atoms with Gasteiger partial charge in [-0.15, -0.1) is 0 Å². The lowest BCUT2D eigenvalue weighted by Gasteiger charge is -2.21. The highest BCUT2D eigenvalue weighted by molar-refractivity contribution is 7.99. The molecule has 5 nitrogen and oxygen atoms in total. The van der Waals surface area contributed by atoms with Gasteiger partial charge in [-0.1, -0.05) is 11.8 Å². The number of oxazole rings is 1. The molecular weight excluding hydrogens is 252 g/mol. The van der Waals surface area contributed by atoms with Crippen LogP contribution in [0.3, 0.4) is 0 Å². The first-order chi connectivity index (χ1) is 8.45. The van der Waals surface area contributed by atoms with Crippen molar-refractivity contribution < 1.29 is 13.9 Å². The molecule has 2 N–H and O–H groups in total. The summed E-state index contributed by atoms with van der Waals surface area (Å²) in [6.07, 6.45) is 3.00. The molecule has 0 saturated heterocycles. The van der Waals surface area contributed by atoms with Crippen LogP contribution in [0.2, 0.25) is 0 Å². The van der Waals surface area contributed by atoms with Crippen molar-refractivity contribution in [1.82, 2.24) is 4.98 Å². The summed E-state index contributed by atoms with van der Waals surface area (Å²) < 4.78 is 10.1. The monoisotopic (exact) mass is 272 g/mol. The van der Waals surface area contributed by atoms with E-state index in [1.54, 1.807) is 20.1 Å². The molecule has 0 fully saturated rings. The summed E-state index contributed by atoms with van der Waals surface area (Å²) in [5.74, 6) is 0.466. The van der Waals surface area contributed by atoms with Crippen LogP contribution in [0.25, 0.3) is 0 Å². The Morgan fingerprint density at radius 2 is 2.39 bits per heavy atom. The van der Waals surface area contributed by atoms with E-state index in [2.05, 4.69) is 4.98 Å². The molecule has 1 heterocycles. The van der Waals surface area contributed by atoms with Crippen molar-refractivity contribution in [2.45, 2.75) is 44.4 Å². The lowest BCUT2D eigenvalue weighted by Crippen LogP contribution is -2.46. The van der Waals surface area contributed by atoms with Gasteiger partial charge in [-0.05, 0) is 33.6 Å². The molecule has 1 aromatic heterocycles. The van der Waals surface area contributed by atoms with Crippen molar-refractivity contribution in [3.05, 3.63) is 12.0 Å². The maximum absolute atomic E-state index is 11.5. The molecule has 1 unspecified atom stereocenters. The van der Waals surface area contributed by atoms with E-state index in [0.717, 1.165) is 17.9 Å². The highest BCUT2D eigenvalue weighted by Gasteiger charge is 2.29. The molecule has 0 saturated carbocycles. The topological polar surface area (TPSA) is 78.4 Å². The van der Waals surface area contributed by atoms with E-state index in [1.807, 2.05) is 6.92 Å². The molecule has 0 aliphatic heterocycles. The first-order valence-corrected chi connectivity index (χ1v) is 6.95. The van der Waals surface area contributed by atoms with Crippen LogP contribution in [0.4, 0.5) is 0 Å². The Kier molecular flexibility index (Phi) is 5.68. The zero-order chi connectivity index (χ0) is 13.6. The number of thioether (sulfide) groups is 1. The molecular formula is C12H20N2O3S. The van der Waals surface area contributed by atoms with E-state index in [1.165, 1.54) is 11.8 Å². The number of rotatable bonds is 7. The zero-order valence-electron chi connectivity index (χ0n) is 11.1. The first kappa shape index (κ1) is 15.0. The zero-order valence-corrected chi connectivity index (χ0v) is 11.9. The van der Waals surface area contributed by atoms with E-state index < -0.39 is 5.54 Å². The van der Waals surface area contributed by atoms with E-state index >= 15 is 0 Å². The molecule has 18 heavy (non-hydrogen) atoms. The summed E-state index contributed by atoms with van der Waals surface area (Å²) >= 11 is 1.52. The van der Waals surface area contributed by atoms with E-state index in [9.17, 15) is 4.79 Å². The molecule has 1 aromatic rings. The second-order valence-electron chi connectivity index (χ2n) is 4.34. The van der Waals surface area contributed by atoms with Gasteiger partial charge in [-0.25, -0.2) is 4.98 Å². The minimum atomic E-state index is -0.914. The van der Waals surface area contributed by atoms with Gasteiger partial charge in [0.1, 0.15) is 11.8 Å². The van der Waals surface area contributed by atoms with Crippen LogP contribution < -0.4 is 5.73 Å². The molecule has 102 valence electrons. The maximum atomic E-state index is 11.5. The van der Waals surface area contributed by atoms with Crippen LogP contribution in [0, 0.1) is 6.92 Å². The Hall–Kier alpha value is -1.01. The fourth-order valence-electron chi connectivity index (χ4n) is 1.40. The van der Waals surface area contributed by atoms with Gasteiger partial charge in [-0.2, -0.15) is 0 Å². The van der Waals surface area contributed by atoms with Crippen molar-refractivity contribution in [3.63, 3.8) is 0 Å². The molecule has 0 aromatic carbocycles. The summed E-state index contributed by atoms with van der Waals surface area (Å²) in [5, 5.41) is 0.655. The number of ether oxygens (including phenoxy) is 1. The molecule has 6 heteroatoms. The van der Waals surface area contributed by atoms with Crippen LogP contribution in [0.1, 0.15) is 32.4 Å². The SMILES string of the molecule is CCOC(=O)C(C)(N)CCCSc1nc(C)co1. The summed E-state index contributed by atoms with van der Waals surface area (Å²) in [6.45, 7) is 5.71. The summed E-state index contributed by atoms with van der Waals surface area (Å²) in [4.78, 5) is 15.7. The highest BCUT2D eigenvalue weighted by atomic mass is 32.2. The number of carbonyl (C=O) groups excluding carboxylic acids is 1. The Morgan fingerprint density at radius 3 is 2.94 bits per heavy atom. The standard InChI is InChI=1S/C12H20N2O3S/c1-4-16-10(15)12(3,13)6-5-7-18-11-14-9(2)8-17-11/h8H,4-7,13H2,1-3H3. The van der Waals surface area contributed by atoms with Crippen molar-refractivity contribution >= 4 is 17.7 Å². The van der Waals surface area contributed by atoms with Gasteiger partial charge >= 0.3 is 5.97 Å². The van der Waals surface area contributed by atoms with Crippen LogP contribution >= 0.6 is 11.8 Å². The fraction of sp³-hybridized carbons (Fsp3) is 0.667. The van der Waals surface area contributed by atoms with Crippen molar-refractivity contribution in [2.24, 2.45) is 5.73 Å². The van der Waals surface area contributed by atoms with Crippen molar-refractivity contribution in [2.75, 3.05) is 12.4 Å². The number of esters is 1.